The molecule has 0 saturated carbocycles. The third-order valence-electron chi connectivity index (χ3n) is 3.09. The molecule has 5 heteroatoms. The van der Waals surface area contributed by atoms with Crippen molar-refractivity contribution in [1.29, 1.82) is 0 Å². The lowest BCUT2D eigenvalue weighted by molar-refractivity contribution is 0.0500. The largest absolute Gasteiger partial charge is 0.381 e. The zero-order valence-electron chi connectivity index (χ0n) is 10.3. The fourth-order valence-electron chi connectivity index (χ4n) is 1.95. The molecule has 2 rings (SSSR count). The van der Waals surface area contributed by atoms with Gasteiger partial charge in [0.05, 0.1) is 0 Å². The minimum Gasteiger partial charge on any atom is -0.381 e. The summed E-state index contributed by atoms with van der Waals surface area (Å²) in [6.07, 6.45) is 1.56. The lowest BCUT2D eigenvalue weighted by Crippen LogP contribution is -2.51. The van der Waals surface area contributed by atoms with Crippen LogP contribution >= 0.6 is 0 Å². The number of ether oxygens (including phenoxy) is 1. The van der Waals surface area contributed by atoms with Crippen molar-refractivity contribution in [2.24, 2.45) is 0 Å². The standard InChI is InChI=1S/C13H17FN2O2/c1-13(5-7-18-8-6-13)16-12(17)15-11-4-2-3-10(14)9-11/h2-4,9H,5-8H2,1H3,(H2,15,16,17). The lowest BCUT2D eigenvalue weighted by atomic mass is 9.93. The highest BCUT2D eigenvalue weighted by Crippen LogP contribution is 2.20. The molecule has 0 aliphatic carbocycles. The number of hydrogen-bond donors (Lipinski definition) is 2. The van der Waals surface area contributed by atoms with Crippen LogP contribution in [0.15, 0.2) is 24.3 Å². The Kier molecular flexibility index (Phi) is 3.81. The van der Waals surface area contributed by atoms with Gasteiger partial charge in [-0.05, 0) is 38.0 Å². The molecule has 0 spiro atoms. The van der Waals surface area contributed by atoms with E-state index in [0.717, 1.165) is 12.8 Å². The first-order valence-corrected chi connectivity index (χ1v) is 6.00. The molecule has 1 heterocycles. The highest BCUT2D eigenvalue weighted by molar-refractivity contribution is 5.89. The molecule has 1 saturated heterocycles. The van der Waals surface area contributed by atoms with Crippen molar-refractivity contribution in [1.82, 2.24) is 5.32 Å². The molecule has 1 aromatic rings. The van der Waals surface area contributed by atoms with E-state index in [1.807, 2.05) is 6.92 Å². The van der Waals surface area contributed by atoms with Crippen LogP contribution < -0.4 is 10.6 Å². The monoisotopic (exact) mass is 252 g/mol. The normalized spacial score (nSPS) is 18.1. The van der Waals surface area contributed by atoms with Crippen molar-refractivity contribution in [3.63, 3.8) is 0 Å². The van der Waals surface area contributed by atoms with E-state index in [-0.39, 0.29) is 17.4 Å². The maximum Gasteiger partial charge on any atom is 0.319 e. The Hall–Kier alpha value is -1.62. The zero-order valence-corrected chi connectivity index (χ0v) is 10.3. The fourth-order valence-corrected chi connectivity index (χ4v) is 1.95. The Bertz CT molecular complexity index is 431. The second-order valence-electron chi connectivity index (χ2n) is 4.76. The number of halogens is 1. The molecule has 0 radical (unpaired) electrons. The van der Waals surface area contributed by atoms with Gasteiger partial charge < -0.3 is 15.4 Å². The molecule has 1 aromatic carbocycles. The van der Waals surface area contributed by atoms with Gasteiger partial charge in [0.2, 0.25) is 0 Å². The topological polar surface area (TPSA) is 50.4 Å². The molecule has 2 amide bonds. The van der Waals surface area contributed by atoms with Gasteiger partial charge in [-0.15, -0.1) is 0 Å². The van der Waals surface area contributed by atoms with Crippen molar-refractivity contribution in [3.05, 3.63) is 30.1 Å². The maximum atomic E-state index is 13.0. The highest BCUT2D eigenvalue weighted by Gasteiger charge is 2.28. The first kappa shape index (κ1) is 12.8. The molecule has 1 fully saturated rings. The van der Waals surface area contributed by atoms with Crippen LogP contribution in [0, 0.1) is 5.82 Å². The van der Waals surface area contributed by atoms with Gasteiger partial charge in [0.1, 0.15) is 5.82 Å². The molecule has 1 aliphatic heterocycles. The molecule has 2 N–H and O–H groups in total. The third kappa shape index (κ3) is 3.43. The van der Waals surface area contributed by atoms with Crippen molar-refractivity contribution in [2.45, 2.75) is 25.3 Å². The second-order valence-corrected chi connectivity index (χ2v) is 4.76. The first-order valence-electron chi connectivity index (χ1n) is 6.00. The average molecular weight is 252 g/mol. The summed E-state index contributed by atoms with van der Waals surface area (Å²) >= 11 is 0. The van der Waals surface area contributed by atoms with Crippen LogP contribution in [0.3, 0.4) is 0 Å². The van der Waals surface area contributed by atoms with E-state index in [9.17, 15) is 9.18 Å². The minimum absolute atomic E-state index is 0.254. The van der Waals surface area contributed by atoms with Crippen LogP contribution in [-0.2, 0) is 4.74 Å². The van der Waals surface area contributed by atoms with Gasteiger partial charge in [0, 0.05) is 24.4 Å². The summed E-state index contributed by atoms with van der Waals surface area (Å²) in [6.45, 7) is 3.29. The van der Waals surface area contributed by atoms with Gasteiger partial charge in [0.15, 0.2) is 0 Å². The predicted molar refractivity (Wildman–Crippen MR) is 67.0 cm³/mol. The van der Waals surface area contributed by atoms with Crippen LogP contribution in [0.25, 0.3) is 0 Å². The molecule has 1 aliphatic rings. The number of carbonyl (C=O) groups excluding carboxylic acids is 1. The van der Waals surface area contributed by atoms with Crippen molar-refractivity contribution in [3.8, 4) is 0 Å². The van der Waals surface area contributed by atoms with E-state index in [0.29, 0.717) is 18.9 Å². The summed E-state index contributed by atoms with van der Waals surface area (Å²) in [5.41, 5.74) is 0.193. The molecule has 0 bridgehead atoms. The molecule has 0 aromatic heterocycles. The van der Waals surface area contributed by atoms with Crippen LogP contribution in [0.5, 0.6) is 0 Å². The van der Waals surface area contributed by atoms with Crippen LogP contribution in [-0.4, -0.2) is 24.8 Å². The Morgan fingerprint density at radius 1 is 1.39 bits per heavy atom. The van der Waals surface area contributed by atoms with E-state index < -0.39 is 0 Å². The van der Waals surface area contributed by atoms with Gasteiger partial charge >= 0.3 is 6.03 Å². The maximum absolute atomic E-state index is 13.0. The number of benzene rings is 1. The summed E-state index contributed by atoms with van der Waals surface area (Å²) < 4.78 is 18.2. The Balaban J connectivity index is 1.92. The van der Waals surface area contributed by atoms with Crippen LogP contribution in [0.4, 0.5) is 14.9 Å². The average Bonchev–Trinajstić information content (AvgIpc) is 2.28. The van der Waals surface area contributed by atoms with E-state index in [1.54, 1.807) is 12.1 Å². The van der Waals surface area contributed by atoms with E-state index in [4.69, 9.17) is 4.74 Å². The molecule has 18 heavy (non-hydrogen) atoms. The molecule has 4 nitrogen and oxygen atoms in total. The number of rotatable bonds is 2. The third-order valence-corrected chi connectivity index (χ3v) is 3.09. The number of urea groups is 1. The van der Waals surface area contributed by atoms with E-state index in [1.165, 1.54) is 12.1 Å². The zero-order chi connectivity index (χ0) is 13.0. The summed E-state index contributed by atoms with van der Waals surface area (Å²) in [6, 6.07) is 5.51. The second kappa shape index (κ2) is 5.35. The van der Waals surface area contributed by atoms with Crippen molar-refractivity contribution >= 4 is 11.7 Å². The summed E-state index contributed by atoms with van der Waals surface area (Å²) in [5.74, 6) is -0.370. The summed E-state index contributed by atoms with van der Waals surface area (Å²) in [4.78, 5) is 11.8. The number of anilines is 1. The number of hydrogen-bond acceptors (Lipinski definition) is 2. The predicted octanol–water partition coefficient (Wildman–Crippen LogP) is 2.52. The smallest absolute Gasteiger partial charge is 0.319 e. The fraction of sp³-hybridized carbons (Fsp3) is 0.462. The van der Waals surface area contributed by atoms with Crippen molar-refractivity contribution < 1.29 is 13.9 Å². The van der Waals surface area contributed by atoms with Gasteiger partial charge in [-0.3, -0.25) is 0 Å². The van der Waals surface area contributed by atoms with Gasteiger partial charge in [0.25, 0.3) is 0 Å². The highest BCUT2D eigenvalue weighted by atomic mass is 19.1. The number of carbonyl (C=O) groups is 1. The van der Waals surface area contributed by atoms with Crippen molar-refractivity contribution in [2.75, 3.05) is 18.5 Å². The molecule has 98 valence electrons. The molecule has 0 unspecified atom stereocenters. The number of nitrogens with one attached hydrogen (secondary N) is 2. The minimum atomic E-state index is -0.370. The van der Waals surface area contributed by atoms with E-state index in [2.05, 4.69) is 10.6 Å². The quantitative estimate of drug-likeness (QED) is 0.849. The van der Waals surface area contributed by atoms with E-state index >= 15 is 0 Å². The van der Waals surface area contributed by atoms with Crippen LogP contribution in [0.1, 0.15) is 19.8 Å². The lowest BCUT2D eigenvalue weighted by Gasteiger charge is -2.34. The summed E-state index contributed by atoms with van der Waals surface area (Å²) in [7, 11) is 0. The summed E-state index contributed by atoms with van der Waals surface area (Å²) in [5, 5.41) is 5.54. The van der Waals surface area contributed by atoms with Gasteiger partial charge in [-0.25, -0.2) is 9.18 Å². The van der Waals surface area contributed by atoms with Gasteiger partial charge in [-0.1, -0.05) is 6.07 Å². The Morgan fingerprint density at radius 3 is 2.78 bits per heavy atom. The Morgan fingerprint density at radius 2 is 2.11 bits per heavy atom. The van der Waals surface area contributed by atoms with Crippen LogP contribution in [0.2, 0.25) is 0 Å². The number of amides is 2. The Labute approximate surface area is 106 Å². The molecular weight excluding hydrogens is 235 g/mol. The van der Waals surface area contributed by atoms with Gasteiger partial charge in [-0.2, -0.15) is 0 Å². The molecular formula is C13H17FN2O2. The molecule has 0 atom stereocenters. The SMILES string of the molecule is CC1(NC(=O)Nc2cccc(F)c2)CCOCC1. The first-order chi connectivity index (χ1) is 8.57.